The number of nitrogens with zero attached hydrogens (tertiary/aromatic N) is 1. The summed E-state index contributed by atoms with van der Waals surface area (Å²) in [5, 5.41) is 9.75. The Bertz CT molecular complexity index is 320. The molecule has 0 aliphatic carbocycles. The highest BCUT2D eigenvalue weighted by Crippen LogP contribution is 2.19. The smallest absolute Gasteiger partial charge is 0.347 e. The number of rotatable bonds is 5. The van der Waals surface area contributed by atoms with E-state index in [0.29, 0.717) is 4.88 Å². The second-order valence-electron chi connectivity index (χ2n) is 3.27. The Morgan fingerprint density at radius 1 is 1.50 bits per heavy atom. The van der Waals surface area contributed by atoms with Crippen LogP contribution in [0.25, 0.3) is 0 Å². The molecule has 0 aliphatic heterocycles. The summed E-state index contributed by atoms with van der Waals surface area (Å²) in [6, 6.07) is 0. The van der Waals surface area contributed by atoms with E-state index < -0.39 is 5.97 Å². The summed E-state index contributed by atoms with van der Waals surface area (Å²) in [6.45, 7) is 3.98. The van der Waals surface area contributed by atoms with Crippen LogP contribution in [-0.2, 0) is 6.42 Å². The zero-order chi connectivity index (χ0) is 10.6. The van der Waals surface area contributed by atoms with Crippen LogP contribution in [-0.4, -0.2) is 16.1 Å². The molecule has 1 N–H and O–H groups in total. The number of unbranched alkanes of at least 4 members (excludes halogenated alkanes) is 2. The van der Waals surface area contributed by atoms with Crippen LogP contribution in [0.15, 0.2) is 0 Å². The lowest BCUT2D eigenvalue weighted by Crippen LogP contribution is -1.99. The van der Waals surface area contributed by atoms with Gasteiger partial charge in [0.15, 0.2) is 0 Å². The van der Waals surface area contributed by atoms with Crippen molar-refractivity contribution in [1.82, 2.24) is 4.98 Å². The molecule has 0 atom stereocenters. The van der Waals surface area contributed by atoms with Crippen molar-refractivity contribution in [2.24, 2.45) is 0 Å². The molecule has 0 unspecified atom stereocenters. The molecule has 0 amide bonds. The third-order valence-corrected chi connectivity index (χ3v) is 3.02. The summed E-state index contributed by atoms with van der Waals surface area (Å²) < 4.78 is 0. The Morgan fingerprint density at radius 2 is 2.21 bits per heavy atom. The van der Waals surface area contributed by atoms with Gasteiger partial charge in [-0.15, -0.1) is 11.3 Å². The molecule has 0 spiro atoms. The van der Waals surface area contributed by atoms with E-state index in [0.717, 1.165) is 36.4 Å². The Hall–Kier alpha value is -0.900. The van der Waals surface area contributed by atoms with E-state index in [1.165, 1.54) is 11.3 Å². The molecule has 0 fully saturated rings. The minimum atomic E-state index is -0.845. The minimum Gasteiger partial charge on any atom is -0.477 e. The van der Waals surface area contributed by atoms with Crippen molar-refractivity contribution >= 4 is 17.3 Å². The van der Waals surface area contributed by atoms with Crippen LogP contribution in [0.1, 0.15) is 46.6 Å². The molecule has 0 aromatic carbocycles. The van der Waals surface area contributed by atoms with Gasteiger partial charge in [-0.05, 0) is 19.8 Å². The topological polar surface area (TPSA) is 50.2 Å². The molecule has 0 saturated heterocycles. The molecule has 1 rings (SSSR count). The van der Waals surface area contributed by atoms with E-state index >= 15 is 0 Å². The Balaban J connectivity index is 2.69. The molecule has 0 radical (unpaired) electrons. The summed E-state index contributed by atoms with van der Waals surface area (Å²) in [5.74, 6) is -0.845. The number of aryl methyl sites for hydroxylation is 2. The first-order valence-corrected chi connectivity index (χ1v) is 5.66. The summed E-state index contributed by atoms with van der Waals surface area (Å²) in [5.41, 5.74) is 0.758. The Kier molecular flexibility index (Phi) is 4.07. The van der Waals surface area contributed by atoms with Gasteiger partial charge >= 0.3 is 5.97 Å². The summed E-state index contributed by atoms with van der Waals surface area (Å²) in [6.07, 6.45) is 4.10. The van der Waals surface area contributed by atoms with E-state index in [-0.39, 0.29) is 0 Å². The molecule has 0 aliphatic rings. The molecule has 1 aromatic rings. The molecular weight excluding hydrogens is 198 g/mol. The van der Waals surface area contributed by atoms with Crippen LogP contribution in [0.5, 0.6) is 0 Å². The van der Waals surface area contributed by atoms with Crippen molar-refractivity contribution in [1.29, 1.82) is 0 Å². The number of aromatic carboxylic acids is 1. The maximum Gasteiger partial charge on any atom is 0.347 e. The molecule has 3 nitrogen and oxygen atoms in total. The predicted octanol–water partition coefficient (Wildman–Crippen LogP) is 2.88. The highest BCUT2D eigenvalue weighted by molar-refractivity contribution is 7.13. The van der Waals surface area contributed by atoms with Gasteiger partial charge < -0.3 is 5.11 Å². The zero-order valence-corrected chi connectivity index (χ0v) is 9.36. The fraction of sp³-hybridized carbons (Fsp3) is 0.600. The van der Waals surface area contributed by atoms with Crippen molar-refractivity contribution < 1.29 is 9.90 Å². The van der Waals surface area contributed by atoms with E-state index in [9.17, 15) is 4.79 Å². The average Bonchev–Trinajstić information content (AvgIpc) is 2.47. The van der Waals surface area contributed by atoms with Gasteiger partial charge in [-0.1, -0.05) is 19.8 Å². The largest absolute Gasteiger partial charge is 0.477 e. The Labute approximate surface area is 87.8 Å². The molecule has 14 heavy (non-hydrogen) atoms. The van der Waals surface area contributed by atoms with E-state index in [4.69, 9.17) is 5.11 Å². The minimum absolute atomic E-state index is 0.415. The van der Waals surface area contributed by atoms with Gasteiger partial charge in [-0.3, -0.25) is 0 Å². The van der Waals surface area contributed by atoms with Gasteiger partial charge in [0, 0.05) is 0 Å². The maximum absolute atomic E-state index is 10.8. The number of carboxylic acid groups (broad SMARTS) is 1. The molecule has 4 heteroatoms. The van der Waals surface area contributed by atoms with Crippen LogP contribution in [0, 0.1) is 6.92 Å². The van der Waals surface area contributed by atoms with Crippen LogP contribution in [0.2, 0.25) is 0 Å². The van der Waals surface area contributed by atoms with E-state index in [2.05, 4.69) is 11.9 Å². The van der Waals surface area contributed by atoms with Gasteiger partial charge in [0.05, 0.1) is 10.7 Å². The number of carboxylic acids is 1. The molecule has 1 aromatic heterocycles. The fourth-order valence-electron chi connectivity index (χ4n) is 1.35. The van der Waals surface area contributed by atoms with Crippen molar-refractivity contribution in [2.45, 2.75) is 39.5 Å². The van der Waals surface area contributed by atoms with Gasteiger partial charge in [0.25, 0.3) is 0 Å². The lowest BCUT2D eigenvalue weighted by Gasteiger charge is -1.97. The first-order chi connectivity index (χ1) is 6.65. The molecule has 0 bridgehead atoms. The third-order valence-electron chi connectivity index (χ3n) is 2.02. The standard InChI is InChI=1S/C10H15NO2S/c1-3-4-5-6-8-9(10(12)13)14-7(2)11-8/h3-6H2,1-2H3,(H,12,13). The monoisotopic (exact) mass is 213 g/mol. The quantitative estimate of drug-likeness (QED) is 0.765. The molecule has 1 heterocycles. The normalized spacial score (nSPS) is 10.4. The number of thiazole rings is 1. The zero-order valence-electron chi connectivity index (χ0n) is 8.54. The van der Waals surface area contributed by atoms with Crippen LogP contribution < -0.4 is 0 Å². The van der Waals surface area contributed by atoms with Crippen molar-refractivity contribution in [2.75, 3.05) is 0 Å². The average molecular weight is 213 g/mol. The lowest BCUT2D eigenvalue weighted by molar-refractivity contribution is 0.0700. The first-order valence-electron chi connectivity index (χ1n) is 4.84. The summed E-state index contributed by atoms with van der Waals surface area (Å²) in [4.78, 5) is 15.5. The van der Waals surface area contributed by atoms with Crippen molar-refractivity contribution in [3.63, 3.8) is 0 Å². The highest BCUT2D eigenvalue weighted by atomic mass is 32.1. The summed E-state index contributed by atoms with van der Waals surface area (Å²) in [7, 11) is 0. The second-order valence-corrected chi connectivity index (χ2v) is 4.47. The second kappa shape index (κ2) is 5.10. The SMILES string of the molecule is CCCCCc1nc(C)sc1C(=O)O. The van der Waals surface area contributed by atoms with Crippen LogP contribution >= 0.6 is 11.3 Å². The molecular formula is C10H15NO2S. The van der Waals surface area contributed by atoms with Crippen molar-refractivity contribution in [3.8, 4) is 0 Å². The maximum atomic E-state index is 10.8. The molecule has 78 valence electrons. The predicted molar refractivity (Wildman–Crippen MR) is 57.0 cm³/mol. The lowest BCUT2D eigenvalue weighted by atomic mass is 10.1. The van der Waals surface area contributed by atoms with E-state index in [1.807, 2.05) is 6.92 Å². The Morgan fingerprint density at radius 3 is 2.79 bits per heavy atom. The van der Waals surface area contributed by atoms with Gasteiger partial charge in [-0.2, -0.15) is 0 Å². The first kappa shape index (κ1) is 11.2. The number of aromatic nitrogens is 1. The highest BCUT2D eigenvalue weighted by Gasteiger charge is 2.14. The third kappa shape index (κ3) is 2.80. The van der Waals surface area contributed by atoms with Gasteiger partial charge in [0.2, 0.25) is 0 Å². The number of hydrogen-bond acceptors (Lipinski definition) is 3. The van der Waals surface area contributed by atoms with Crippen LogP contribution in [0.3, 0.4) is 0 Å². The van der Waals surface area contributed by atoms with Gasteiger partial charge in [-0.25, -0.2) is 9.78 Å². The number of carbonyl (C=O) groups is 1. The fourth-order valence-corrected chi connectivity index (χ4v) is 2.15. The number of hydrogen-bond donors (Lipinski definition) is 1. The van der Waals surface area contributed by atoms with E-state index in [1.54, 1.807) is 0 Å². The van der Waals surface area contributed by atoms with Crippen molar-refractivity contribution in [3.05, 3.63) is 15.6 Å². The summed E-state index contributed by atoms with van der Waals surface area (Å²) >= 11 is 1.27. The molecule has 0 saturated carbocycles. The van der Waals surface area contributed by atoms with Gasteiger partial charge in [0.1, 0.15) is 4.88 Å². The van der Waals surface area contributed by atoms with Crippen LogP contribution in [0.4, 0.5) is 0 Å².